The summed E-state index contributed by atoms with van der Waals surface area (Å²) in [7, 11) is 1.12. The van der Waals surface area contributed by atoms with Gasteiger partial charge in [0, 0.05) is 7.05 Å². The molecule has 0 unspecified atom stereocenters. The molecule has 0 aliphatic carbocycles. The average Bonchev–Trinajstić information content (AvgIpc) is 1.80. The zero-order valence-electron chi connectivity index (χ0n) is 5.16. The van der Waals surface area contributed by atoms with Gasteiger partial charge < -0.3 is 5.32 Å². The van der Waals surface area contributed by atoms with Crippen LogP contribution in [-0.2, 0) is 0 Å². The van der Waals surface area contributed by atoms with E-state index in [0.717, 1.165) is 7.05 Å². The largest absolute Gasteiger partial charge is 0.420 e. The van der Waals surface area contributed by atoms with Crippen molar-refractivity contribution in [1.29, 1.82) is 0 Å². The molecule has 0 rings (SSSR count). The number of alkyl halides is 3. The highest BCUT2D eigenvalue weighted by molar-refractivity contribution is 5.09. The Kier molecular flexibility index (Phi) is 2.74. The monoisotopic (exact) mass is 150 g/mol. The van der Waals surface area contributed by atoms with E-state index in [4.69, 9.17) is 6.57 Å². The van der Waals surface area contributed by atoms with Gasteiger partial charge in [0.25, 0.3) is 0 Å². The molecule has 1 N–H and O–H groups in total. The summed E-state index contributed by atoms with van der Waals surface area (Å²) in [6, 6.07) is 0. The van der Waals surface area contributed by atoms with Gasteiger partial charge >= 0.3 is 6.18 Å². The van der Waals surface area contributed by atoms with Gasteiger partial charge in [-0.15, -0.1) is 0 Å². The van der Waals surface area contributed by atoms with Crippen LogP contribution >= 0.6 is 0 Å². The minimum absolute atomic E-state index is 0.403. The minimum Gasteiger partial charge on any atom is -0.394 e. The van der Waals surface area contributed by atoms with Gasteiger partial charge in [-0.2, -0.15) is 13.2 Å². The summed E-state index contributed by atoms with van der Waals surface area (Å²) < 4.78 is 34.9. The first kappa shape index (κ1) is 8.82. The number of nitrogens with zero attached hydrogens (tertiary/aromatic N) is 1. The number of halogens is 3. The van der Waals surface area contributed by atoms with Crippen LogP contribution in [0.4, 0.5) is 13.2 Å². The van der Waals surface area contributed by atoms with Crippen LogP contribution in [0.2, 0.25) is 0 Å². The Bertz CT molecular complexity index is 174. The molecule has 0 saturated carbocycles. The summed E-state index contributed by atoms with van der Waals surface area (Å²) in [5.74, 6) is 0. The van der Waals surface area contributed by atoms with Crippen LogP contribution in [0.15, 0.2) is 11.9 Å². The number of rotatable bonds is 1. The Morgan fingerprint density at radius 1 is 1.60 bits per heavy atom. The molecule has 0 atom stereocenters. The molecule has 5 heteroatoms. The maximum Gasteiger partial charge on any atom is 0.420 e. The Morgan fingerprint density at radius 3 is 2.20 bits per heavy atom. The number of nitrogens with one attached hydrogen (secondary N) is 1. The second kappa shape index (κ2) is 3.11. The zero-order valence-corrected chi connectivity index (χ0v) is 5.16. The fourth-order valence-electron chi connectivity index (χ4n) is 0.344. The Morgan fingerprint density at radius 2 is 2.10 bits per heavy atom. The van der Waals surface area contributed by atoms with Gasteiger partial charge in [0.2, 0.25) is 0 Å². The van der Waals surface area contributed by atoms with Crippen LogP contribution in [0.5, 0.6) is 0 Å². The van der Waals surface area contributed by atoms with Gasteiger partial charge in [-0.1, -0.05) is 0 Å². The average molecular weight is 150 g/mol. The third kappa shape index (κ3) is 2.40. The highest BCUT2D eigenvalue weighted by Crippen LogP contribution is 2.22. The molecule has 0 amide bonds. The Labute approximate surface area is 56.2 Å². The van der Waals surface area contributed by atoms with Crippen molar-refractivity contribution in [3.05, 3.63) is 23.3 Å². The number of hydrogen-bond acceptors (Lipinski definition) is 1. The fraction of sp³-hybridized carbons (Fsp3) is 0.400. The van der Waals surface area contributed by atoms with E-state index in [-0.39, 0.29) is 0 Å². The molecule has 0 aromatic rings. The van der Waals surface area contributed by atoms with E-state index in [2.05, 4.69) is 4.85 Å². The maximum absolute atomic E-state index is 11.6. The summed E-state index contributed by atoms with van der Waals surface area (Å²) in [5.41, 5.74) is -1.03. The van der Waals surface area contributed by atoms with Gasteiger partial charge in [0.1, 0.15) is 5.70 Å². The predicted molar refractivity (Wildman–Crippen MR) is 29.8 cm³/mol. The van der Waals surface area contributed by atoms with E-state index in [1.807, 2.05) is 5.32 Å². The quantitative estimate of drug-likeness (QED) is 0.560. The molecule has 0 saturated heterocycles. The van der Waals surface area contributed by atoms with Gasteiger partial charge in [-0.3, -0.25) is 0 Å². The summed E-state index contributed by atoms with van der Waals surface area (Å²) >= 11 is 0. The lowest BCUT2D eigenvalue weighted by Crippen LogP contribution is -2.22. The molecule has 0 aromatic carbocycles. The summed E-state index contributed by atoms with van der Waals surface area (Å²) in [4.78, 5) is 2.48. The topological polar surface area (TPSA) is 16.4 Å². The SMILES string of the molecule is [C-]#[N+]/C=C(/NC)C(F)(F)F. The van der Waals surface area contributed by atoms with Crippen LogP contribution in [0.25, 0.3) is 4.85 Å². The zero-order chi connectivity index (χ0) is 8.20. The van der Waals surface area contributed by atoms with Gasteiger partial charge in [0.05, 0.1) is 6.57 Å². The van der Waals surface area contributed by atoms with Crippen LogP contribution in [0, 0.1) is 6.57 Å². The first-order chi connectivity index (χ1) is 4.52. The molecule has 56 valence electrons. The molecule has 10 heavy (non-hydrogen) atoms. The first-order valence-corrected chi connectivity index (χ1v) is 2.34. The van der Waals surface area contributed by atoms with Crippen molar-refractivity contribution in [1.82, 2.24) is 5.32 Å². The van der Waals surface area contributed by atoms with E-state index in [1.165, 1.54) is 0 Å². The highest BCUT2D eigenvalue weighted by Gasteiger charge is 2.32. The summed E-state index contributed by atoms with van der Waals surface area (Å²) in [6.45, 7) is 6.12. The summed E-state index contributed by atoms with van der Waals surface area (Å²) in [6.07, 6.45) is -4.04. The predicted octanol–water partition coefficient (Wildman–Crippen LogP) is 1.53. The molecule has 0 aliphatic heterocycles. The molecule has 2 nitrogen and oxygen atoms in total. The van der Waals surface area contributed by atoms with E-state index in [0.29, 0.717) is 6.20 Å². The molecule has 0 bridgehead atoms. The molecule has 0 spiro atoms. The lowest BCUT2D eigenvalue weighted by molar-refractivity contribution is -0.0960. The van der Waals surface area contributed by atoms with Crippen LogP contribution in [0.3, 0.4) is 0 Å². The van der Waals surface area contributed by atoms with Crippen molar-refractivity contribution in [3.8, 4) is 0 Å². The second-order valence-electron chi connectivity index (χ2n) is 1.42. The number of hydrogen-bond donors (Lipinski definition) is 1. The molecule has 0 aliphatic rings. The lowest BCUT2D eigenvalue weighted by Gasteiger charge is -2.08. The first-order valence-electron chi connectivity index (χ1n) is 2.34. The highest BCUT2D eigenvalue weighted by atomic mass is 19.4. The van der Waals surface area contributed by atoms with Gasteiger partial charge in [-0.25, -0.2) is 4.85 Å². The van der Waals surface area contributed by atoms with E-state index in [1.54, 1.807) is 0 Å². The van der Waals surface area contributed by atoms with Crippen molar-refractivity contribution >= 4 is 0 Å². The molecule has 0 heterocycles. The second-order valence-corrected chi connectivity index (χ2v) is 1.42. The van der Waals surface area contributed by atoms with Gasteiger partial charge in [0.15, 0.2) is 6.20 Å². The smallest absolute Gasteiger partial charge is 0.394 e. The molecular weight excluding hydrogens is 145 g/mol. The number of allylic oxidation sites excluding steroid dienone is 1. The van der Waals surface area contributed by atoms with Crippen LogP contribution in [0.1, 0.15) is 0 Å². The standard InChI is InChI=1S/C5H5F3N2/c1-9-3-4(10-2)5(6,7)8/h3,10H,2H3/b4-3+. The van der Waals surface area contributed by atoms with E-state index in [9.17, 15) is 13.2 Å². The normalized spacial score (nSPS) is 12.5. The van der Waals surface area contributed by atoms with Crippen LogP contribution < -0.4 is 5.32 Å². The lowest BCUT2D eigenvalue weighted by atomic mass is 10.4. The van der Waals surface area contributed by atoms with Crippen molar-refractivity contribution in [3.63, 3.8) is 0 Å². The third-order valence-corrected chi connectivity index (χ3v) is 0.768. The van der Waals surface area contributed by atoms with Crippen molar-refractivity contribution < 1.29 is 13.2 Å². The van der Waals surface area contributed by atoms with Gasteiger partial charge in [-0.05, 0) is 0 Å². The molecule has 0 aromatic heterocycles. The van der Waals surface area contributed by atoms with E-state index < -0.39 is 11.9 Å². The minimum atomic E-state index is -4.45. The third-order valence-electron chi connectivity index (χ3n) is 0.768. The molecule has 0 radical (unpaired) electrons. The van der Waals surface area contributed by atoms with Crippen LogP contribution in [-0.4, -0.2) is 13.2 Å². The maximum atomic E-state index is 11.6. The molecule has 0 fully saturated rings. The van der Waals surface area contributed by atoms with Crippen molar-refractivity contribution in [2.45, 2.75) is 6.18 Å². The van der Waals surface area contributed by atoms with Crippen molar-refractivity contribution in [2.24, 2.45) is 0 Å². The Hall–Kier alpha value is -1.18. The van der Waals surface area contributed by atoms with E-state index >= 15 is 0 Å². The molecular formula is C5H5F3N2. The summed E-state index contributed by atoms with van der Waals surface area (Å²) in [5, 5.41) is 1.87. The Balaban J connectivity index is 4.41. The fourth-order valence-corrected chi connectivity index (χ4v) is 0.344. The van der Waals surface area contributed by atoms with Crippen molar-refractivity contribution in [2.75, 3.05) is 7.05 Å².